The summed E-state index contributed by atoms with van der Waals surface area (Å²) in [6.07, 6.45) is 0. The van der Waals surface area contributed by atoms with Crippen molar-refractivity contribution in [2.24, 2.45) is 0 Å². The van der Waals surface area contributed by atoms with E-state index in [4.69, 9.17) is 9.97 Å². The first-order chi connectivity index (χ1) is 26.5. The Balaban J connectivity index is 0.952. The number of hydrogen-bond acceptors (Lipinski definition) is 2. The SMILES string of the molecule is CC1(C)c2ccccc2-c2ccc(-c3ccc4c(c3)c3ccccc3n4-c3ccc4cc(-c5nc6c7c(cccc7n5)-c5ccccc5-6)ccc4c3)cc21. The van der Waals surface area contributed by atoms with Crippen LogP contribution in [0.3, 0.4) is 0 Å². The molecule has 2 aliphatic rings. The summed E-state index contributed by atoms with van der Waals surface area (Å²) in [6, 6.07) is 60.0. The Morgan fingerprint density at radius 1 is 0.444 bits per heavy atom. The van der Waals surface area contributed by atoms with Crippen molar-refractivity contribution in [1.29, 1.82) is 0 Å². The minimum Gasteiger partial charge on any atom is -0.309 e. The fourth-order valence-electron chi connectivity index (χ4n) is 9.48. The van der Waals surface area contributed by atoms with Gasteiger partial charge in [-0.05, 0) is 104 Å². The van der Waals surface area contributed by atoms with Crippen LogP contribution < -0.4 is 0 Å². The maximum absolute atomic E-state index is 5.16. The molecule has 252 valence electrons. The average Bonchev–Trinajstić information content (AvgIpc) is 3.81. The van der Waals surface area contributed by atoms with Gasteiger partial charge in [-0.2, -0.15) is 0 Å². The van der Waals surface area contributed by atoms with Crippen molar-refractivity contribution in [3.8, 4) is 61.7 Å². The monoisotopic (exact) mass is 687 g/mol. The van der Waals surface area contributed by atoms with Gasteiger partial charge in [0.05, 0.1) is 22.2 Å². The van der Waals surface area contributed by atoms with Crippen LogP contribution in [0.4, 0.5) is 0 Å². The van der Waals surface area contributed by atoms with Crippen LogP contribution >= 0.6 is 0 Å². The first-order valence-corrected chi connectivity index (χ1v) is 18.7. The second-order valence-corrected chi connectivity index (χ2v) is 15.4. The van der Waals surface area contributed by atoms with Crippen molar-refractivity contribution in [2.45, 2.75) is 19.3 Å². The van der Waals surface area contributed by atoms with Gasteiger partial charge in [0.1, 0.15) is 0 Å². The van der Waals surface area contributed by atoms with Gasteiger partial charge in [-0.25, -0.2) is 9.97 Å². The van der Waals surface area contributed by atoms with Gasteiger partial charge in [-0.1, -0.05) is 129 Å². The highest BCUT2D eigenvalue weighted by Gasteiger charge is 2.35. The Morgan fingerprint density at radius 3 is 2.06 bits per heavy atom. The highest BCUT2D eigenvalue weighted by Crippen LogP contribution is 2.50. The molecule has 3 nitrogen and oxygen atoms in total. The predicted octanol–water partition coefficient (Wildman–Crippen LogP) is 13.2. The molecule has 2 aliphatic carbocycles. The van der Waals surface area contributed by atoms with E-state index in [9.17, 15) is 0 Å². The van der Waals surface area contributed by atoms with Crippen LogP contribution in [0, 0.1) is 0 Å². The van der Waals surface area contributed by atoms with Crippen LogP contribution in [-0.4, -0.2) is 14.5 Å². The lowest BCUT2D eigenvalue weighted by atomic mass is 9.81. The molecule has 54 heavy (non-hydrogen) atoms. The van der Waals surface area contributed by atoms with E-state index in [-0.39, 0.29) is 5.41 Å². The minimum absolute atomic E-state index is 0.0335. The molecule has 0 spiro atoms. The first kappa shape index (κ1) is 29.7. The molecule has 0 saturated heterocycles. The van der Waals surface area contributed by atoms with Gasteiger partial charge in [0.2, 0.25) is 0 Å². The summed E-state index contributed by atoms with van der Waals surface area (Å²) >= 11 is 0. The lowest BCUT2D eigenvalue weighted by Gasteiger charge is -2.22. The Hall–Kier alpha value is -6.84. The summed E-state index contributed by atoms with van der Waals surface area (Å²) < 4.78 is 2.41. The molecule has 0 fully saturated rings. The molecular formula is C51H33N3. The molecule has 0 amide bonds. The van der Waals surface area contributed by atoms with Gasteiger partial charge in [-0.3, -0.25) is 0 Å². The van der Waals surface area contributed by atoms with Crippen LogP contribution in [0.1, 0.15) is 25.0 Å². The van der Waals surface area contributed by atoms with Crippen molar-refractivity contribution in [3.63, 3.8) is 0 Å². The van der Waals surface area contributed by atoms with Crippen molar-refractivity contribution < 1.29 is 0 Å². The fourth-order valence-corrected chi connectivity index (χ4v) is 9.48. The summed E-state index contributed by atoms with van der Waals surface area (Å²) in [4.78, 5) is 10.2. The van der Waals surface area contributed by atoms with Crippen molar-refractivity contribution in [1.82, 2.24) is 14.5 Å². The third-order valence-electron chi connectivity index (χ3n) is 12.1. The van der Waals surface area contributed by atoms with Gasteiger partial charge in [-0.15, -0.1) is 0 Å². The standard InChI is InChI=1S/C51H33N3/c1-51(2)43-15-7-5-11-37(43)38-24-21-33(29-44(38)51)32-22-25-47-42(28-32)39-12-6-8-17-46(39)54(47)35-23-20-30-26-34(19-18-31(30)27-35)50-52-45-16-9-14-40-36-10-3-4-13-41(36)49(53-50)48(40)45/h3-29H,1-2H3. The molecular weight excluding hydrogens is 655 g/mol. The summed E-state index contributed by atoms with van der Waals surface area (Å²) in [5, 5.41) is 6.00. The fraction of sp³-hybridized carbons (Fsp3) is 0.0588. The van der Waals surface area contributed by atoms with Crippen LogP contribution in [0.25, 0.3) is 105 Å². The molecule has 2 aromatic heterocycles. The Kier molecular flexibility index (Phi) is 5.84. The maximum atomic E-state index is 5.16. The van der Waals surface area contributed by atoms with Gasteiger partial charge < -0.3 is 4.57 Å². The summed E-state index contributed by atoms with van der Waals surface area (Å²) in [5.74, 6) is 0.756. The quantitative estimate of drug-likeness (QED) is 0.185. The molecule has 0 atom stereocenters. The number of nitrogens with zero attached hydrogens (tertiary/aromatic N) is 3. The lowest BCUT2D eigenvalue weighted by Crippen LogP contribution is -2.14. The van der Waals surface area contributed by atoms with E-state index in [2.05, 4.69) is 182 Å². The molecule has 8 aromatic carbocycles. The van der Waals surface area contributed by atoms with Crippen LogP contribution in [0.15, 0.2) is 164 Å². The first-order valence-electron chi connectivity index (χ1n) is 18.7. The van der Waals surface area contributed by atoms with E-state index in [1.165, 1.54) is 77.3 Å². The minimum atomic E-state index is -0.0335. The van der Waals surface area contributed by atoms with Crippen molar-refractivity contribution in [3.05, 3.63) is 175 Å². The highest BCUT2D eigenvalue weighted by atomic mass is 15.0. The molecule has 0 N–H and O–H groups in total. The lowest BCUT2D eigenvalue weighted by molar-refractivity contribution is 0.660. The largest absolute Gasteiger partial charge is 0.309 e. The van der Waals surface area contributed by atoms with Gasteiger partial charge >= 0.3 is 0 Å². The predicted molar refractivity (Wildman–Crippen MR) is 224 cm³/mol. The van der Waals surface area contributed by atoms with Gasteiger partial charge in [0.15, 0.2) is 5.82 Å². The van der Waals surface area contributed by atoms with E-state index in [1.807, 2.05) is 0 Å². The molecule has 3 heteroatoms. The van der Waals surface area contributed by atoms with E-state index in [0.29, 0.717) is 0 Å². The van der Waals surface area contributed by atoms with Gasteiger partial charge in [0, 0.05) is 38.4 Å². The van der Waals surface area contributed by atoms with E-state index in [0.717, 1.165) is 39.1 Å². The van der Waals surface area contributed by atoms with Crippen LogP contribution in [0.2, 0.25) is 0 Å². The van der Waals surface area contributed by atoms with Crippen molar-refractivity contribution in [2.75, 3.05) is 0 Å². The van der Waals surface area contributed by atoms with Crippen LogP contribution in [0.5, 0.6) is 0 Å². The van der Waals surface area contributed by atoms with E-state index in [1.54, 1.807) is 0 Å². The zero-order valence-electron chi connectivity index (χ0n) is 29.9. The zero-order valence-corrected chi connectivity index (χ0v) is 29.9. The average molecular weight is 688 g/mol. The normalized spacial score (nSPS) is 13.5. The third-order valence-corrected chi connectivity index (χ3v) is 12.1. The Morgan fingerprint density at radius 2 is 1.13 bits per heavy atom. The third kappa shape index (κ3) is 4.01. The number of rotatable bonds is 3. The molecule has 2 heterocycles. The summed E-state index contributed by atoms with van der Waals surface area (Å²) in [7, 11) is 0. The smallest absolute Gasteiger partial charge is 0.160 e. The number of benzene rings is 8. The number of hydrogen-bond donors (Lipinski definition) is 0. The zero-order chi connectivity index (χ0) is 35.7. The molecule has 0 unspecified atom stereocenters. The molecule has 0 saturated carbocycles. The summed E-state index contributed by atoms with van der Waals surface area (Å²) in [6.45, 7) is 4.70. The number of aromatic nitrogens is 3. The van der Waals surface area contributed by atoms with Crippen LogP contribution in [-0.2, 0) is 5.41 Å². The maximum Gasteiger partial charge on any atom is 0.160 e. The molecule has 0 bridgehead atoms. The molecule has 0 radical (unpaired) electrons. The highest BCUT2D eigenvalue weighted by molar-refractivity contribution is 6.13. The van der Waals surface area contributed by atoms with E-state index >= 15 is 0 Å². The number of fused-ring (bicyclic) bond motifs is 10. The molecule has 0 aliphatic heterocycles. The van der Waals surface area contributed by atoms with Crippen molar-refractivity contribution >= 4 is 43.5 Å². The summed E-state index contributed by atoms with van der Waals surface area (Å²) in [5.41, 5.74) is 18.2. The topological polar surface area (TPSA) is 30.7 Å². The van der Waals surface area contributed by atoms with Gasteiger partial charge in [0.25, 0.3) is 0 Å². The second-order valence-electron chi connectivity index (χ2n) is 15.4. The Bertz CT molecular complexity index is 3250. The number of para-hydroxylation sites is 1. The second kappa shape index (κ2) is 10.6. The molecule has 10 aromatic rings. The molecule has 12 rings (SSSR count). The Labute approximate surface area is 312 Å². The van der Waals surface area contributed by atoms with E-state index < -0.39 is 0 Å².